The fourth-order valence-electron chi connectivity index (χ4n) is 1.28. The van der Waals surface area contributed by atoms with E-state index < -0.39 is 9.84 Å². The molecule has 0 heterocycles. The van der Waals surface area contributed by atoms with Crippen molar-refractivity contribution in [2.75, 3.05) is 18.1 Å². The lowest BCUT2D eigenvalue weighted by Crippen LogP contribution is -2.23. The summed E-state index contributed by atoms with van der Waals surface area (Å²) in [5.41, 5.74) is 5.55. The molecule has 0 unspecified atom stereocenters. The van der Waals surface area contributed by atoms with Crippen LogP contribution in [0.1, 0.15) is 20.8 Å². The minimum absolute atomic E-state index is 0.0789. The van der Waals surface area contributed by atoms with Gasteiger partial charge in [0.15, 0.2) is 9.84 Å². The molecule has 1 aromatic carbocycles. The lowest BCUT2D eigenvalue weighted by molar-refractivity contribution is 0.00644. The van der Waals surface area contributed by atoms with Gasteiger partial charge in [0, 0.05) is 0 Å². The third-order valence-corrected chi connectivity index (χ3v) is 4.22. The van der Waals surface area contributed by atoms with E-state index >= 15 is 0 Å². The first-order chi connectivity index (χ1) is 8.12. The van der Waals surface area contributed by atoms with Crippen LogP contribution >= 0.6 is 11.6 Å². The zero-order chi connectivity index (χ0) is 14.0. The largest absolute Gasteiger partial charge is 0.398 e. The third kappa shape index (κ3) is 4.48. The van der Waals surface area contributed by atoms with Gasteiger partial charge in [0.25, 0.3) is 0 Å². The zero-order valence-corrected chi connectivity index (χ0v) is 12.3. The lowest BCUT2D eigenvalue weighted by atomic mass is 10.2. The van der Waals surface area contributed by atoms with Gasteiger partial charge >= 0.3 is 0 Å². The highest BCUT2D eigenvalue weighted by Crippen LogP contribution is 2.23. The monoisotopic (exact) mass is 291 g/mol. The Morgan fingerprint density at radius 2 is 1.94 bits per heavy atom. The van der Waals surface area contributed by atoms with Crippen LogP contribution in [0.25, 0.3) is 0 Å². The molecular formula is C12H18ClNO3S. The Kier molecular flexibility index (Phi) is 4.64. The van der Waals surface area contributed by atoms with Gasteiger partial charge in [-0.2, -0.15) is 0 Å². The highest BCUT2D eigenvalue weighted by Gasteiger charge is 2.18. The summed E-state index contributed by atoms with van der Waals surface area (Å²) in [7, 11) is -3.39. The van der Waals surface area contributed by atoms with Crippen molar-refractivity contribution in [2.24, 2.45) is 0 Å². The van der Waals surface area contributed by atoms with E-state index in [1.165, 1.54) is 18.2 Å². The molecule has 0 saturated heterocycles. The van der Waals surface area contributed by atoms with E-state index in [2.05, 4.69) is 0 Å². The first-order valence-corrected chi connectivity index (χ1v) is 7.56. The first-order valence-electron chi connectivity index (χ1n) is 5.53. The number of anilines is 1. The highest BCUT2D eigenvalue weighted by atomic mass is 35.5. The van der Waals surface area contributed by atoms with Gasteiger partial charge in [-0.3, -0.25) is 0 Å². The van der Waals surface area contributed by atoms with Gasteiger partial charge in [-0.05, 0) is 39.0 Å². The molecule has 0 aliphatic rings. The summed E-state index contributed by atoms with van der Waals surface area (Å²) in [5.74, 6) is -0.0789. The summed E-state index contributed by atoms with van der Waals surface area (Å²) in [5, 5.41) is 0.243. The number of ether oxygens (including phenoxy) is 1. The number of hydrogen-bond acceptors (Lipinski definition) is 4. The molecule has 102 valence electrons. The van der Waals surface area contributed by atoms with E-state index in [0.717, 1.165) is 0 Å². The molecule has 0 saturated carbocycles. The fraction of sp³-hybridized carbons (Fsp3) is 0.500. The van der Waals surface area contributed by atoms with Crippen molar-refractivity contribution >= 4 is 27.1 Å². The number of hydrogen-bond donors (Lipinski definition) is 1. The molecule has 0 amide bonds. The van der Waals surface area contributed by atoms with Crippen molar-refractivity contribution in [2.45, 2.75) is 31.3 Å². The Balaban J connectivity index is 2.77. The Labute approximate surface area is 113 Å². The molecule has 4 nitrogen and oxygen atoms in total. The van der Waals surface area contributed by atoms with Crippen molar-refractivity contribution in [3.63, 3.8) is 0 Å². The zero-order valence-electron chi connectivity index (χ0n) is 10.7. The molecule has 0 spiro atoms. The number of sulfone groups is 1. The Morgan fingerprint density at radius 1 is 1.33 bits per heavy atom. The van der Waals surface area contributed by atoms with E-state index in [1.807, 2.05) is 20.8 Å². The summed E-state index contributed by atoms with van der Waals surface area (Å²) >= 11 is 5.81. The molecule has 2 N–H and O–H groups in total. The van der Waals surface area contributed by atoms with Gasteiger partial charge in [0.1, 0.15) is 0 Å². The summed E-state index contributed by atoms with van der Waals surface area (Å²) in [6.07, 6.45) is 0. The van der Waals surface area contributed by atoms with Crippen LogP contribution in [0.15, 0.2) is 23.1 Å². The molecule has 1 rings (SSSR count). The summed E-state index contributed by atoms with van der Waals surface area (Å²) in [4.78, 5) is 0.166. The molecular weight excluding hydrogens is 274 g/mol. The van der Waals surface area contributed by atoms with Crippen LogP contribution in [-0.4, -0.2) is 26.4 Å². The smallest absolute Gasteiger partial charge is 0.180 e. The van der Waals surface area contributed by atoms with Crippen molar-refractivity contribution in [3.8, 4) is 0 Å². The van der Waals surface area contributed by atoms with Crippen molar-refractivity contribution in [3.05, 3.63) is 23.2 Å². The molecule has 1 aromatic rings. The predicted octanol–water partition coefficient (Wildman–Crippen LogP) is 2.51. The minimum atomic E-state index is -3.39. The molecule has 0 fully saturated rings. The molecule has 6 heteroatoms. The van der Waals surface area contributed by atoms with Gasteiger partial charge in [0.2, 0.25) is 0 Å². The Bertz CT molecular complexity index is 521. The maximum atomic E-state index is 12.0. The second kappa shape index (κ2) is 5.47. The second-order valence-electron chi connectivity index (χ2n) is 4.96. The predicted molar refractivity (Wildman–Crippen MR) is 73.6 cm³/mol. The third-order valence-electron chi connectivity index (χ3n) is 2.22. The van der Waals surface area contributed by atoms with Crippen LogP contribution in [-0.2, 0) is 14.6 Å². The molecule has 0 aliphatic heterocycles. The van der Waals surface area contributed by atoms with Crippen molar-refractivity contribution in [1.29, 1.82) is 0 Å². The number of halogens is 1. The van der Waals surface area contributed by atoms with Gasteiger partial charge in [0.05, 0.1) is 33.6 Å². The van der Waals surface area contributed by atoms with Gasteiger partial charge in [-0.25, -0.2) is 8.42 Å². The van der Waals surface area contributed by atoms with Gasteiger partial charge in [-0.1, -0.05) is 11.6 Å². The minimum Gasteiger partial charge on any atom is -0.398 e. The van der Waals surface area contributed by atoms with Crippen LogP contribution < -0.4 is 5.73 Å². The number of rotatable bonds is 4. The van der Waals surface area contributed by atoms with E-state index in [9.17, 15) is 8.42 Å². The second-order valence-corrected chi connectivity index (χ2v) is 7.48. The SMILES string of the molecule is CC(C)(C)OCCS(=O)(=O)c1ccc(N)c(Cl)c1. The van der Waals surface area contributed by atoms with Gasteiger partial charge in [-0.15, -0.1) is 0 Å². The van der Waals surface area contributed by atoms with Crippen LogP contribution in [0.4, 0.5) is 5.69 Å². The quantitative estimate of drug-likeness (QED) is 0.866. The summed E-state index contributed by atoms with van der Waals surface area (Å²) in [6, 6.07) is 4.30. The molecule has 0 bridgehead atoms. The fourth-order valence-corrected chi connectivity index (χ4v) is 2.63. The average Bonchev–Trinajstić information content (AvgIpc) is 2.19. The molecule has 0 radical (unpaired) electrons. The molecule has 0 atom stereocenters. The molecule has 0 aromatic heterocycles. The van der Waals surface area contributed by atoms with Crippen LogP contribution in [0.3, 0.4) is 0 Å². The average molecular weight is 292 g/mol. The Morgan fingerprint density at radius 3 is 2.44 bits per heavy atom. The van der Waals surface area contributed by atoms with E-state index in [4.69, 9.17) is 22.1 Å². The maximum Gasteiger partial charge on any atom is 0.180 e. The number of benzene rings is 1. The maximum absolute atomic E-state index is 12.0. The Hall–Kier alpha value is -0.780. The number of nitrogen functional groups attached to an aromatic ring is 1. The van der Waals surface area contributed by atoms with Crippen LogP contribution in [0, 0.1) is 0 Å². The van der Waals surface area contributed by atoms with Crippen LogP contribution in [0.2, 0.25) is 5.02 Å². The summed E-state index contributed by atoms with van der Waals surface area (Å²) in [6.45, 7) is 5.77. The van der Waals surface area contributed by atoms with Crippen LogP contribution in [0.5, 0.6) is 0 Å². The molecule has 18 heavy (non-hydrogen) atoms. The number of nitrogens with two attached hydrogens (primary N) is 1. The highest BCUT2D eigenvalue weighted by molar-refractivity contribution is 7.91. The van der Waals surface area contributed by atoms with E-state index in [0.29, 0.717) is 5.69 Å². The molecule has 0 aliphatic carbocycles. The topological polar surface area (TPSA) is 69.4 Å². The van der Waals surface area contributed by atoms with Crippen molar-refractivity contribution < 1.29 is 13.2 Å². The van der Waals surface area contributed by atoms with Gasteiger partial charge < -0.3 is 10.5 Å². The normalized spacial score (nSPS) is 12.7. The van der Waals surface area contributed by atoms with Crippen molar-refractivity contribution in [1.82, 2.24) is 0 Å². The standard InChI is InChI=1S/C12H18ClNO3S/c1-12(2,3)17-6-7-18(15,16)9-4-5-11(14)10(13)8-9/h4-5,8H,6-7,14H2,1-3H3. The van der Waals surface area contributed by atoms with E-state index in [-0.39, 0.29) is 27.9 Å². The first kappa shape index (κ1) is 15.3. The van der Waals surface area contributed by atoms with E-state index in [1.54, 1.807) is 0 Å². The summed E-state index contributed by atoms with van der Waals surface area (Å²) < 4.78 is 29.4. The lowest BCUT2D eigenvalue weighted by Gasteiger charge is -2.19.